The average Bonchev–Trinajstić information content (AvgIpc) is 2.89. The van der Waals surface area contributed by atoms with E-state index < -0.39 is 0 Å². The monoisotopic (exact) mass is 296 g/mol. The maximum Gasteiger partial charge on any atom is 0.131 e. The van der Waals surface area contributed by atoms with E-state index in [2.05, 4.69) is 40.7 Å². The summed E-state index contributed by atoms with van der Waals surface area (Å²) in [5, 5.41) is 12.2. The highest BCUT2D eigenvalue weighted by Gasteiger charge is 2.46. The Bertz CT molecular complexity index is 734. The molecule has 116 valence electrons. The smallest absolute Gasteiger partial charge is 0.131 e. The van der Waals surface area contributed by atoms with Gasteiger partial charge < -0.3 is 9.67 Å². The number of aromatic nitrogens is 1. The van der Waals surface area contributed by atoms with Crippen molar-refractivity contribution in [3.8, 4) is 0 Å². The number of piperidine rings is 1. The molecule has 0 bridgehead atoms. The van der Waals surface area contributed by atoms with Crippen LogP contribution >= 0.6 is 0 Å². The molecule has 0 radical (unpaired) electrons. The van der Waals surface area contributed by atoms with E-state index >= 15 is 0 Å². The zero-order valence-electron chi connectivity index (χ0n) is 13.2. The summed E-state index contributed by atoms with van der Waals surface area (Å²) in [4.78, 5) is 2.71. The van der Waals surface area contributed by atoms with Gasteiger partial charge in [0.15, 0.2) is 0 Å². The molecular weight excluding hydrogens is 272 g/mol. The SMILES string of the molecule is CC[C@@H]1C[C@@H]2C[C@H](O)n3c4c(c5ccccc53)CCN(C1)[C@@H]42. The minimum Gasteiger partial charge on any atom is -0.373 e. The molecule has 3 aliphatic rings. The Labute approximate surface area is 131 Å². The van der Waals surface area contributed by atoms with E-state index in [0.717, 1.165) is 18.8 Å². The van der Waals surface area contributed by atoms with Gasteiger partial charge in [-0.05, 0) is 42.7 Å². The van der Waals surface area contributed by atoms with Crippen molar-refractivity contribution in [2.75, 3.05) is 13.1 Å². The van der Waals surface area contributed by atoms with Gasteiger partial charge in [-0.15, -0.1) is 0 Å². The Balaban J connectivity index is 1.74. The fourth-order valence-electron chi connectivity index (χ4n) is 5.41. The standard InChI is InChI=1S/C19H24N2O/c1-2-12-9-13-10-17(22)21-16-6-4-3-5-14(16)15-7-8-20(11-12)18(13)19(15)21/h3-6,12-13,17-18,22H,2,7-11H2,1H3/t12-,13-,17+,18-/m1/s1. The van der Waals surface area contributed by atoms with Crippen LogP contribution in [0.5, 0.6) is 0 Å². The van der Waals surface area contributed by atoms with Crippen molar-refractivity contribution in [2.45, 2.75) is 44.9 Å². The van der Waals surface area contributed by atoms with E-state index in [0.29, 0.717) is 12.0 Å². The zero-order valence-corrected chi connectivity index (χ0v) is 13.2. The van der Waals surface area contributed by atoms with Crippen LogP contribution in [0.4, 0.5) is 0 Å². The summed E-state index contributed by atoms with van der Waals surface area (Å²) in [6, 6.07) is 9.20. The lowest BCUT2D eigenvalue weighted by Gasteiger charge is -2.51. The fraction of sp³-hybridized carbons (Fsp3) is 0.579. The Morgan fingerprint density at radius 2 is 2.09 bits per heavy atom. The van der Waals surface area contributed by atoms with Gasteiger partial charge in [0.05, 0.1) is 11.6 Å². The molecule has 22 heavy (non-hydrogen) atoms. The molecule has 5 rings (SSSR count). The summed E-state index contributed by atoms with van der Waals surface area (Å²) in [6.45, 7) is 4.75. The van der Waals surface area contributed by atoms with Gasteiger partial charge in [-0.3, -0.25) is 4.90 Å². The summed E-state index contributed by atoms with van der Waals surface area (Å²) < 4.78 is 2.25. The largest absolute Gasteiger partial charge is 0.373 e. The number of aliphatic hydroxyl groups is 1. The molecule has 4 heterocycles. The van der Waals surface area contributed by atoms with Crippen molar-refractivity contribution in [3.05, 3.63) is 35.5 Å². The molecule has 2 aromatic rings. The molecule has 1 fully saturated rings. The molecule has 3 heteroatoms. The Hall–Kier alpha value is -1.32. The third kappa shape index (κ3) is 1.59. The molecule has 1 aromatic heterocycles. The quantitative estimate of drug-likeness (QED) is 0.872. The second kappa shape index (κ2) is 4.59. The molecule has 3 aliphatic heterocycles. The Kier molecular flexibility index (Phi) is 2.74. The van der Waals surface area contributed by atoms with Gasteiger partial charge >= 0.3 is 0 Å². The highest BCUT2D eigenvalue weighted by molar-refractivity contribution is 5.86. The Morgan fingerprint density at radius 1 is 1.23 bits per heavy atom. The molecule has 1 aromatic carbocycles. The van der Waals surface area contributed by atoms with Gasteiger partial charge in [0.1, 0.15) is 6.23 Å². The molecule has 0 aliphatic carbocycles. The second-order valence-corrected chi connectivity index (χ2v) is 7.43. The Morgan fingerprint density at radius 3 is 2.95 bits per heavy atom. The lowest BCUT2D eigenvalue weighted by Crippen LogP contribution is -2.49. The topological polar surface area (TPSA) is 28.4 Å². The maximum absolute atomic E-state index is 10.8. The highest BCUT2D eigenvalue weighted by atomic mass is 16.3. The first-order valence-corrected chi connectivity index (χ1v) is 8.81. The second-order valence-electron chi connectivity index (χ2n) is 7.43. The van der Waals surface area contributed by atoms with Crippen LogP contribution in [0.2, 0.25) is 0 Å². The molecule has 0 amide bonds. The van der Waals surface area contributed by atoms with E-state index in [1.165, 1.54) is 48.1 Å². The van der Waals surface area contributed by atoms with E-state index in [9.17, 15) is 5.11 Å². The van der Waals surface area contributed by atoms with E-state index in [-0.39, 0.29) is 6.23 Å². The molecule has 3 nitrogen and oxygen atoms in total. The molecule has 4 atom stereocenters. The summed E-state index contributed by atoms with van der Waals surface area (Å²) in [5.74, 6) is 1.44. The molecule has 1 saturated heterocycles. The number of aliphatic hydroxyl groups excluding tert-OH is 1. The third-order valence-corrected chi connectivity index (χ3v) is 6.34. The molecular formula is C19H24N2O. The lowest BCUT2D eigenvalue weighted by atomic mass is 9.74. The summed E-state index contributed by atoms with van der Waals surface area (Å²) in [7, 11) is 0. The predicted octanol–water partition coefficient (Wildman–Crippen LogP) is 3.48. The van der Waals surface area contributed by atoms with Crippen LogP contribution in [0, 0.1) is 11.8 Å². The number of hydrogen-bond acceptors (Lipinski definition) is 2. The van der Waals surface area contributed by atoms with Crippen LogP contribution in [-0.2, 0) is 6.42 Å². The molecule has 0 saturated carbocycles. The van der Waals surface area contributed by atoms with E-state index in [1.807, 2.05) is 0 Å². The fourth-order valence-corrected chi connectivity index (χ4v) is 5.41. The molecule has 0 spiro atoms. The van der Waals surface area contributed by atoms with Crippen molar-refractivity contribution in [1.82, 2.24) is 9.47 Å². The summed E-state index contributed by atoms with van der Waals surface area (Å²) in [6.07, 6.45) is 4.27. The van der Waals surface area contributed by atoms with Crippen molar-refractivity contribution < 1.29 is 5.11 Å². The minimum atomic E-state index is -0.342. The first-order valence-electron chi connectivity index (χ1n) is 8.81. The number of hydrogen-bond donors (Lipinski definition) is 1. The van der Waals surface area contributed by atoms with Gasteiger partial charge in [-0.2, -0.15) is 0 Å². The van der Waals surface area contributed by atoms with Crippen LogP contribution in [-0.4, -0.2) is 27.7 Å². The normalized spacial score (nSPS) is 33.9. The van der Waals surface area contributed by atoms with Crippen molar-refractivity contribution in [3.63, 3.8) is 0 Å². The molecule has 0 unspecified atom stereocenters. The summed E-state index contributed by atoms with van der Waals surface area (Å²) in [5.41, 5.74) is 4.18. The number of benzene rings is 1. The minimum absolute atomic E-state index is 0.342. The lowest BCUT2D eigenvalue weighted by molar-refractivity contribution is -0.0324. The van der Waals surface area contributed by atoms with Crippen molar-refractivity contribution >= 4 is 10.9 Å². The molecule has 1 N–H and O–H groups in total. The summed E-state index contributed by atoms with van der Waals surface area (Å²) >= 11 is 0. The number of para-hydroxylation sites is 1. The van der Waals surface area contributed by atoms with Crippen LogP contribution in [0.1, 0.15) is 49.7 Å². The first-order chi connectivity index (χ1) is 10.8. The van der Waals surface area contributed by atoms with Gasteiger partial charge in [-0.25, -0.2) is 0 Å². The van der Waals surface area contributed by atoms with Gasteiger partial charge in [0.25, 0.3) is 0 Å². The maximum atomic E-state index is 10.8. The third-order valence-electron chi connectivity index (χ3n) is 6.34. The van der Waals surface area contributed by atoms with Gasteiger partial charge in [-0.1, -0.05) is 31.5 Å². The highest BCUT2D eigenvalue weighted by Crippen LogP contribution is 2.52. The van der Waals surface area contributed by atoms with Crippen LogP contribution in [0.25, 0.3) is 10.9 Å². The number of rotatable bonds is 1. The van der Waals surface area contributed by atoms with Crippen molar-refractivity contribution in [1.29, 1.82) is 0 Å². The van der Waals surface area contributed by atoms with Crippen LogP contribution in [0.15, 0.2) is 24.3 Å². The predicted molar refractivity (Wildman–Crippen MR) is 87.7 cm³/mol. The average molecular weight is 296 g/mol. The van der Waals surface area contributed by atoms with Gasteiger partial charge in [0.2, 0.25) is 0 Å². The number of fused-ring (bicyclic) bond motifs is 3. The zero-order chi connectivity index (χ0) is 14.8. The van der Waals surface area contributed by atoms with Crippen molar-refractivity contribution in [2.24, 2.45) is 11.8 Å². The van der Waals surface area contributed by atoms with Crippen LogP contribution in [0.3, 0.4) is 0 Å². The first kappa shape index (κ1) is 13.1. The van der Waals surface area contributed by atoms with Crippen LogP contribution < -0.4 is 0 Å². The van der Waals surface area contributed by atoms with Gasteiger partial charge in [0, 0.05) is 24.2 Å². The van der Waals surface area contributed by atoms with E-state index in [1.54, 1.807) is 0 Å². The number of nitrogens with zero attached hydrogens (tertiary/aromatic N) is 2. The van der Waals surface area contributed by atoms with E-state index in [4.69, 9.17) is 0 Å².